The van der Waals surface area contributed by atoms with Gasteiger partial charge in [-0.25, -0.2) is 10.2 Å². The molecule has 0 aliphatic heterocycles. The van der Waals surface area contributed by atoms with Crippen molar-refractivity contribution >= 4 is 29.3 Å². The smallest absolute Gasteiger partial charge is 0.243 e. The molecule has 3 N–H and O–H groups in total. The van der Waals surface area contributed by atoms with Crippen LogP contribution in [0.4, 0.5) is 4.39 Å². The lowest BCUT2D eigenvalue weighted by Gasteiger charge is -2.03. The van der Waals surface area contributed by atoms with Crippen molar-refractivity contribution in [2.24, 2.45) is 5.84 Å². The van der Waals surface area contributed by atoms with Gasteiger partial charge in [0.25, 0.3) is 0 Å². The summed E-state index contributed by atoms with van der Waals surface area (Å²) >= 11 is 7.16. The summed E-state index contributed by atoms with van der Waals surface area (Å²) < 4.78 is 12.7. The van der Waals surface area contributed by atoms with Gasteiger partial charge in [-0.15, -0.1) is 11.8 Å². The van der Waals surface area contributed by atoms with E-state index in [4.69, 9.17) is 17.4 Å². The zero-order chi connectivity index (χ0) is 11.3. The van der Waals surface area contributed by atoms with E-state index in [2.05, 4.69) is 0 Å². The van der Waals surface area contributed by atoms with Crippen molar-refractivity contribution in [2.45, 2.75) is 5.75 Å². The average Bonchev–Trinajstić information content (AvgIpc) is 2.21. The first-order valence-corrected chi connectivity index (χ1v) is 5.68. The molecule has 0 fully saturated rings. The molecule has 0 saturated heterocycles. The second kappa shape index (κ2) is 5.95. The molecule has 3 nitrogen and oxygen atoms in total. The van der Waals surface area contributed by atoms with Crippen molar-refractivity contribution in [3.05, 3.63) is 34.6 Å². The lowest BCUT2D eigenvalue weighted by molar-refractivity contribution is -0.118. The van der Waals surface area contributed by atoms with E-state index in [1.165, 1.54) is 23.9 Å². The Hall–Kier alpha value is -0.780. The molecule has 0 aromatic heterocycles. The zero-order valence-electron chi connectivity index (χ0n) is 7.80. The molecule has 82 valence electrons. The van der Waals surface area contributed by atoms with Gasteiger partial charge in [-0.2, -0.15) is 0 Å². The van der Waals surface area contributed by atoms with E-state index in [0.717, 1.165) is 5.56 Å². The summed E-state index contributed by atoms with van der Waals surface area (Å²) in [5, 5.41) is 0.371. The number of nitrogens with one attached hydrogen (secondary N) is 1. The SMILES string of the molecule is NNC(=O)CSCc1ccc(F)cc1Cl. The third-order valence-electron chi connectivity index (χ3n) is 1.67. The highest BCUT2D eigenvalue weighted by Crippen LogP contribution is 2.21. The Morgan fingerprint density at radius 3 is 2.93 bits per heavy atom. The molecule has 1 amide bonds. The largest absolute Gasteiger partial charge is 0.294 e. The maximum Gasteiger partial charge on any atom is 0.243 e. The van der Waals surface area contributed by atoms with Crippen LogP contribution in [0.15, 0.2) is 18.2 Å². The number of benzene rings is 1. The van der Waals surface area contributed by atoms with Crippen LogP contribution in [0.2, 0.25) is 5.02 Å². The molecular formula is C9H10ClFN2OS. The Balaban J connectivity index is 2.47. The summed E-state index contributed by atoms with van der Waals surface area (Å²) in [6.07, 6.45) is 0. The molecule has 0 heterocycles. The van der Waals surface area contributed by atoms with Crippen LogP contribution < -0.4 is 11.3 Å². The number of hydrogen-bond acceptors (Lipinski definition) is 3. The van der Waals surface area contributed by atoms with Gasteiger partial charge >= 0.3 is 0 Å². The normalized spacial score (nSPS) is 10.1. The van der Waals surface area contributed by atoms with Gasteiger partial charge in [0.2, 0.25) is 5.91 Å². The highest BCUT2D eigenvalue weighted by Gasteiger charge is 2.04. The maximum atomic E-state index is 12.7. The molecule has 1 rings (SSSR count). The van der Waals surface area contributed by atoms with Crippen molar-refractivity contribution in [1.29, 1.82) is 0 Å². The number of thioether (sulfide) groups is 1. The molecule has 0 aliphatic carbocycles. The molecule has 15 heavy (non-hydrogen) atoms. The Morgan fingerprint density at radius 2 is 2.33 bits per heavy atom. The van der Waals surface area contributed by atoms with Gasteiger partial charge in [0.05, 0.1) is 5.75 Å². The van der Waals surface area contributed by atoms with Gasteiger partial charge in [0.1, 0.15) is 5.82 Å². The van der Waals surface area contributed by atoms with E-state index < -0.39 is 0 Å². The van der Waals surface area contributed by atoms with Gasteiger partial charge in [0, 0.05) is 10.8 Å². The summed E-state index contributed by atoms with van der Waals surface area (Å²) in [6, 6.07) is 4.19. The predicted molar refractivity (Wildman–Crippen MR) is 59.9 cm³/mol. The fourth-order valence-electron chi connectivity index (χ4n) is 0.934. The van der Waals surface area contributed by atoms with E-state index >= 15 is 0 Å². The quantitative estimate of drug-likeness (QED) is 0.485. The second-order valence-corrected chi connectivity index (χ2v) is 4.19. The summed E-state index contributed by atoms with van der Waals surface area (Å²) in [5.41, 5.74) is 2.82. The lowest BCUT2D eigenvalue weighted by atomic mass is 10.2. The van der Waals surface area contributed by atoms with Gasteiger partial charge < -0.3 is 0 Å². The number of hydrazine groups is 1. The number of amides is 1. The molecule has 0 aliphatic rings. The highest BCUT2D eigenvalue weighted by atomic mass is 35.5. The third-order valence-corrected chi connectivity index (χ3v) is 3.00. The van der Waals surface area contributed by atoms with Crippen molar-refractivity contribution in [1.82, 2.24) is 5.43 Å². The summed E-state index contributed by atoms with van der Waals surface area (Å²) in [6.45, 7) is 0. The lowest BCUT2D eigenvalue weighted by Crippen LogP contribution is -2.31. The van der Waals surface area contributed by atoms with Gasteiger partial charge in [-0.05, 0) is 17.7 Å². The average molecular weight is 249 g/mol. The maximum absolute atomic E-state index is 12.7. The van der Waals surface area contributed by atoms with Gasteiger partial charge in [0.15, 0.2) is 0 Å². The number of hydrogen-bond donors (Lipinski definition) is 2. The van der Waals surface area contributed by atoms with Crippen LogP contribution in [0.25, 0.3) is 0 Å². The Morgan fingerprint density at radius 1 is 1.60 bits per heavy atom. The highest BCUT2D eigenvalue weighted by molar-refractivity contribution is 7.99. The standard InChI is InChI=1S/C9H10ClFN2OS/c10-8-3-7(11)2-1-6(8)4-15-5-9(14)13-12/h1-3H,4-5,12H2,(H,13,14). The Bertz CT molecular complexity index is 362. The summed E-state index contributed by atoms with van der Waals surface area (Å²) in [4.78, 5) is 10.8. The van der Waals surface area contributed by atoms with Crippen LogP contribution in [0.1, 0.15) is 5.56 Å². The number of halogens is 2. The minimum absolute atomic E-state index is 0.252. The first-order valence-electron chi connectivity index (χ1n) is 4.14. The number of rotatable bonds is 4. The minimum atomic E-state index is -0.367. The predicted octanol–water partition coefficient (Wildman–Crippen LogP) is 1.70. The molecule has 0 bridgehead atoms. The number of carbonyl (C=O) groups excluding carboxylic acids is 1. The topological polar surface area (TPSA) is 55.1 Å². The van der Waals surface area contributed by atoms with Crippen molar-refractivity contribution in [3.63, 3.8) is 0 Å². The van der Waals surface area contributed by atoms with E-state index in [9.17, 15) is 9.18 Å². The van der Waals surface area contributed by atoms with Gasteiger partial charge in [-0.3, -0.25) is 10.2 Å². The van der Waals surface area contributed by atoms with Crippen LogP contribution in [0.5, 0.6) is 0 Å². The number of nitrogens with two attached hydrogens (primary N) is 1. The second-order valence-electron chi connectivity index (χ2n) is 2.80. The van der Waals surface area contributed by atoms with Crippen molar-refractivity contribution in [3.8, 4) is 0 Å². The fraction of sp³-hybridized carbons (Fsp3) is 0.222. The number of carbonyl (C=O) groups is 1. The molecule has 0 spiro atoms. The Labute approximate surface area is 96.1 Å². The van der Waals surface area contributed by atoms with Crippen LogP contribution >= 0.6 is 23.4 Å². The van der Waals surface area contributed by atoms with Crippen LogP contribution in [0.3, 0.4) is 0 Å². The fourth-order valence-corrected chi connectivity index (χ4v) is 2.09. The van der Waals surface area contributed by atoms with Crippen molar-refractivity contribution < 1.29 is 9.18 Å². The monoisotopic (exact) mass is 248 g/mol. The molecular weight excluding hydrogens is 239 g/mol. The third kappa shape index (κ3) is 4.07. The van der Waals surface area contributed by atoms with E-state index in [0.29, 0.717) is 10.8 Å². The van der Waals surface area contributed by atoms with Crippen LogP contribution in [0, 0.1) is 5.82 Å². The molecule has 0 atom stereocenters. The Kier molecular flexibility index (Phi) is 4.87. The molecule has 0 unspecified atom stereocenters. The molecule has 0 saturated carbocycles. The molecule has 0 radical (unpaired) electrons. The first-order chi connectivity index (χ1) is 7.13. The van der Waals surface area contributed by atoms with Crippen LogP contribution in [-0.2, 0) is 10.5 Å². The molecule has 6 heteroatoms. The minimum Gasteiger partial charge on any atom is -0.294 e. The van der Waals surface area contributed by atoms with Gasteiger partial charge in [-0.1, -0.05) is 17.7 Å². The zero-order valence-corrected chi connectivity index (χ0v) is 9.37. The van der Waals surface area contributed by atoms with E-state index in [1.54, 1.807) is 6.07 Å². The van der Waals surface area contributed by atoms with E-state index in [1.807, 2.05) is 5.43 Å². The molecule has 1 aromatic carbocycles. The van der Waals surface area contributed by atoms with Crippen LogP contribution in [-0.4, -0.2) is 11.7 Å². The summed E-state index contributed by atoms with van der Waals surface area (Å²) in [5.74, 6) is 5.10. The van der Waals surface area contributed by atoms with Crippen molar-refractivity contribution in [2.75, 3.05) is 5.75 Å². The summed E-state index contributed by atoms with van der Waals surface area (Å²) in [7, 11) is 0. The molecule has 1 aromatic rings. The van der Waals surface area contributed by atoms with E-state index in [-0.39, 0.29) is 17.5 Å². The first kappa shape index (κ1) is 12.3.